The Bertz CT molecular complexity index is 541. The van der Waals surface area contributed by atoms with Crippen LogP contribution < -0.4 is 15.2 Å². The highest BCUT2D eigenvalue weighted by Crippen LogP contribution is 2.28. The molecule has 0 spiro atoms. The number of nitrogens with two attached hydrogens (primary N) is 1. The molecule has 1 amide bonds. The van der Waals surface area contributed by atoms with Gasteiger partial charge >= 0.3 is 0 Å². The van der Waals surface area contributed by atoms with E-state index in [1.165, 1.54) is 0 Å². The third-order valence-corrected chi connectivity index (χ3v) is 4.16. The van der Waals surface area contributed by atoms with Gasteiger partial charge in [0.25, 0.3) is 5.91 Å². The zero-order valence-electron chi connectivity index (χ0n) is 14.5. The highest BCUT2D eigenvalue weighted by atomic mass is 35.5. The summed E-state index contributed by atoms with van der Waals surface area (Å²) < 4.78 is 16.3. The molecule has 0 unspecified atom stereocenters. The maximum Gasteiger partial charge on any atom is 0.252 e. The smallest absolute Gasteiger partial charge is 0.252 e. The van der Waals surface area contributed by atoms with Crippen molar-refractivity contribution in [2.24, 2.45) is 5.73 Å². The number of halogens is 1. The van der Waals surface area contributed by atoms with Crippen molar-refractivity contribution in [1.29, 1.82) is 0 Å². The van der Waals surface area contributed by atoms with E-state index in [0.29, 0.717) is 31.1 Å². The Hall–Kier alpha value is -1.50. The van der Waals surface area contributed by atoms with Crippen LogP contribution in [0.25, 0.3) is 0 Å². The van der Waals surface area contributed by atoms with Crippen LogP contribution in [0.5, 0.6) is 11.5 Å². The normalized spacial score (nSPS) is 19.5. The Balaban J connectivity index is 0.00000288. The Labute approximate surface area is 149 Å². The molecular weight excluding hydrogens is 332 g/mol. The maximum absolute atomic E-state index is 12.6. The number of hydrogen-bond acceptors (Lipinski definition) is 5. The van der Waals surface area contributed by atoms with E-state index in [0.717, 1.165) is 18.4 Å². The fourth-order valence-electron chi connectivity index (χ4n) is 2.81. The van der Waals surface area contributed by atoms with Crippen molar-refractivity contribution in [2.75, 3.05) is 27.3 Å². The lowest BCUT2D eigenvalue weighted by Crippen LogP contribution is -2.39. The van der Waals surface area contributed by atoms with Crippen LogP contribution in [0, 0.1) is 0 Å². The first kappa shape index (κ1) is 20.5. The minimum atomic E-state index is -0.372. The SMILES string of the molecule is CCN(Cc1ccc(OC)c(OC)c1)C(=O)[C@@H]1CC[C@H](CN)O1.Cl. The van der Waals surface area contributed by atoms with Crippen molar-refractivity contribution < 1.29 is 19.0 Å². The summed E-state index contributed by atoms with van der Waals surface area (Å²) in [5, 5.41) is 0. The van der Waals surface area contributed by atoms with Gasteiger partial charge < -0.3 is 24.8 Å². The third-order valence-electron chi connectivity index (χ3n) is 4.16. The summed E-state index contributed by atoms with van der Waals surface area (Å²) in [7, 11) is 3.20. The van der Waals surface area contributed by atoms with Crippen molar-refractivity contribution in [2.45, 2.75) is 38.5 Å². The molecule has 2 atom stereocenters. The first-order valence-corrected chi connectivity index (χ1v) is 7.98. The van der Waals surface area contributed by atoms with Crippen LogP contribution >= 0.6 is 12.4 Å². The first-order valence-electron chi connectivity index (χ1n) is 7.98. The summed E-state index contributed by atoms with van der Waals surface area (Å²) in [5.74, 6) is 1.36. The van der Waals surface area contributed by atoms with Crippen molar-refractivity contribution in [1.82, 2.24) is 4.90 Å². The number of carbonyl (C=O) groups is 1. The molecule has 0 radical (unpaired) electrons. The Morgan fingerprint density at radius 2 is 2.00 bits per heavy atom. The van der Waals surface area contributed by atoms with Gasteiger partial charge in [0.15, 0.2) is 11.5 Å². The van der Waals surface area contributed by atoms with Gasteiger partial charge in [-0.3, -0.25) is 4.79 Å². The van der Waals surface area contributed by atoms with Crippen molar-refractivity contribution in [3.63, 3.8) is 0 Å². The topological polar surface area (TPSA) is 74.0 Å². The number of benzene rings is 1. The number of ether oxygens (including phenoxy) is 3. The quantitative estimate of drug-likeness (QED) is 0.806. The molecule has 24 heavy (non-hydrogen) atoms. The third kappa shape index (κ3) is 4.75. The minimum absolute atomic E-state index is 0. The molecule has 1 saturated heterocycles. The molecule has 2 rings (SSSR count). The molecule has 1 heterocycles. The van der Waals surface area contributed by atoms with Gasteiger partial charge in [0, 0.05) is 19.6 Å². The van der Waals surface area contributed by atoms with Gasteiger partial charge in [0.2, 0.25) is 0 Å². The Morgan fingerprint density at radius 3 is 2.54 bits per heavy atom. The van der Waals surface area contributed by atoms with Gasteiger partial charge in [-0.05, 0) is 37.5 Å². The molecule has 1 fully saturated rings. The summed E-state index contributed by atoms with van der Waals surface area (Å²) in [4.78, 5) is 14.4. The predicted molar refractivity (Wildman–Crippen MR) is 94.8 cm³/mol. The van der Waals surface area contributed by atoms with Crippen LogP contribution in [0.3, 0.4) is 0 Å². The fourth-order valence-corrected chi connectivity index (χ4v) is 2.81. The second-order valence-corrected chi connectivity index (χ2v) is 5.60. The van der Waals surface area contributed by atoms with Crippen LogP contribution in [0.2, 0.25) is 0 Å². The molecule has 0 saturated carbocycles. The van der Waals surface area contributed by atoms with E-state index < -0.39 is 0 Å². The molecule has 1 aromatic rings. The Kier molecular flexibility index (Phi) is 8.31. The average molecular weight is 359 g/mol. The molecule has 2 N–H and O–H groups in total. The molecule has 1 aliphatic rings. The first-order chi connectivity index (χ1) is 11.1. The van der Waals surface area contributed by atoms with Crippen molar-refractivity contribution in [3.05, 3.63) is 23.8 Å². The predicted octanol–water partition coefficient (Wildman–Crippen LogP) is 1.98. The zero-order chi connectivity index (χ0) is 16.8. The summed E-state index contributed by atoms with van der Waals surface area (Å²) >= 11 is 0. The Morgan fingerprint density at radius 1 is 1.29 bits per heavy atom. The average Bonchev–Trinajstić information content (AvgIpc) is 3.07. The number of nitrogens with zero attached hydrogens (tertiary/aromatic N) is 1. The van der Waals surface area contributed by atoms with Gasteiger partial charge in [-0.25, -0.2) is 0 Å². The lowest BCUT2D eigenvalue weighted by Gasteiger charge is -2.24. The monoisotopic (exact) mass is 358 g/mol. The van der Waals surface area contributed by atoms with E-state index in [4.69, 9.17) is 19.9 Å². The van der Waals surface area contributed by atoms with Crippen LogP contribution in [0.15, 0.2) is 18.2 Å². The summed E-state index contributed by atoms with van der Waals surface area (Å²) in [6.45, 7) is 3.57. The van der Waals surface area contributed by atoms with Gasteiger partial charge in [0.1, 0.15) is 6.10 Å². The van der Waals surface area contributed by atoms with Gasteiger partial charge in [-0.1, -0.05) is 6.07 Å². The standard InChI is InChI=1S/C17H26N2O4.ClH/c1-4-19(17(20)15-8-6-13(10-18)23-15)11-12-5-7-14(21-2)16(9-12)22-3;/h5,7,9,13,15H,4,6,8,10-11,18H2,1-3H3;1H/t13-,15+;/m1./s1. The molecule has 0 aromatic heterocycles. The molecule has 0 aliphatic carbocycles. The van der Waals surface area contributed by atoms with E-state index >= 15 is 0 Å². The molecule has 0 bridgehead atoms. The zero-order valence-corrected chi connectivity index (χ0v) is 15.3. The number of hydrogen-bond donors (Lipinski definition) is 1. The minimum Gasteiger partial charge on any atom is -0.493 e. The summed E-state index contributed by atoms with van der Waals surface area (Å²) in [5.41, 5.74) is 6.60. The van der Waals surface area contributed by atoms with E-state index in [-0.39, 0.29) is 30.5 Å². The summed E-state index contributed by atoms with van der Waals surface area (Å²) in [6.07, 6.45) is 1.22. The van der Waals surface area contributed by atoms with Crippen LogP contribution in [0.4, 0.5) is 0 Å². The van der Waals surface area contributed by atoms with E-state index in [2.05, 4.69) is 0 Å². The number of methoxy groups -OCH3 is 2. The number of likely N-dealkylation sites (N-methyl/N-ethyl adjacent to an activating group) is 1. The molecule has 7 heteroatoms. The number of rotatable bonds is 7. The van der Waals surface area contributed by atoms with Gasteiger partial charge in [-0.2, -0.15) is 0 Å². The largest absolute Gasteiger partial charge is 0.493 e. The molecule has 6 nitrogen and oxygen atoms in total. The van der Waals surface area contributed by atoms with Gasteiger partial charge in [-0.15, -0.1) is 12.4 Å². The molecule has 1 aliphatic heterocycles. The second-order valence-electron chi connectivity index (χ2n) is 5.60. The van der Waals surface area contributed by atoms with Crippen LogP contribution in [-0.2, 0) is 16.1 Å². The maximum atomic E-state index is 12.6. The molecule has 1 aromatic carbocycles. The molecule has 136 valence electrons. The van der Waals surface area contributed by atoms with E-state index in [1.54, 1.807) is 19.1 Å². The van der Waals surface area contributed by atoms with Gasteiger partial charge in [0.05, 0.1) is 20.3 Å². The lowest BCUT2D eigenvalue weighted by atomic mass is 10.1. The lowest BCUT2D eigenvalue weighted by molar-refractivity contribution is -0.143. The second kappa shape index (κ2) is 9.71. The highest BCUT2D eigenvalue weighted by molar-refractivity contribution is 5.85. The summed E-state index contributed by atoms with van der Waals surface area (Å²) in [6, 6.07) is 5.69. The number of amides is 1. The highest BCUT2D eigenvalue weighted by Gasteiger charge is 2.32. The number of carbonyl (C=O) groups excluding carboxylic acids is 1. The van der Waals surface area contributed by atoms with E-state index in [9.17, 15) is 4.79 Å². The van der Waals surface area contributed by atoms with Crippen molar-refractivity contribution >= 4 is 18.3 Å². The van der Waals surface area contributed by atoms with Crippen LogP contribution in [-0.4, -0.2) is 50.3 Å². The molecular formula is C17H27ClN2O4. The van der Waals surface area contributed by atoms with Crippen LogP contribution in [0.1, 0.15) is 25.3 Å². The van der Waals surface area contributed by atoms with E-state index in [1.807, 2.05) is 25.1 Å². The van der Waals surface area contributed by atoms with Crippen molar-refractivity contribution in [3.8, 4) is 11.5 Å². The fraction of sp³-hybridized carbons (Fsp3) is 0.588.